The first-order valence-electron chi connectivity index (χ1n) is 5.38. The van der Waals surface area contributed by atoms with Crippen LogP contribution in [0.15, 0.2) is 35.2 Å². The van der Waals surface area contributed by atoms with Crippen LogP contribution in [0.1, 0.15) is 6.92 Å². The molecule has 2 N–H and O–H groups in total. The molecule has 5 heteroatoms. The van der Waals surface area contributed by atoms with Gasteiger partial charge in [-0.2, -0.15) is 0 Å². The van der Waals surface area contributed by atoms with Crippen molar-refractivity contribution in [2.45, 2.75) is 17.9 Å². The Morgan fingerprint density at radius 2 is 1.94 bits per heavy atom. The quantitative estimate of drug-likeness (QED) is 0.812. The summed E-state index contributed by atoms with van der Waals surface area (Å²) in [4.78, 5) is 0.328. The maximum absolute atomic E-state index is 12.0. The molecule has 2 rings (SSSR count). The standard InChI is InChI=1S/C11H16N2O2S/c1-9-7-12-8-11(9)13-16(14,15)10-5-3-2-4-6-10/h2-6,9,11-13H,7-8H2,1H3. The third kappa shape index (κ3) is 2.42. The van der Waals surface area contributed by atoms with Gasteiger partial charge in [-0.25, -0.2) is 13.1 Å². The Labute approximate surface area is 96.1 Å². The molecule has 1 heterocycles. The average molecular weight is 240 g/mol. The van der Waals surface area contributed by atoms with Crippen LogP contribution in [0, 0.1) is 5.92 Å². The van der Waals surface area contributed by atoms with E-state index in [0.29, 0.717) is 17.4 Å². The minimum Gasteiger partial charge on any atom is -0.315 e. The number of hydrogen-bond donors (Lipinski definition) is 2. The molecular formula is C11H16N2O2S. The highest BCUT2D eigenvalue weighted by molar-refractivity contribution is 7.89. The summed E-state index contributed by atoms with van der Waals surface area (Å²) in [7, 11) is -3.37. The van der Waals surface area contributed by atoms with Crippen molar-refractivity contribution in [3.05, 3.63) is 30.3 Å². The SMILES string of the molecule is CC1CNCC1NS(=O)(=O)c1ccccc1. The highest BCUT2D eigenvalue weighted by Gasteiger charge is 2.27. The van der Waals surface area contributed by atoms with Gasteiger partial charge in [0.25, 0.3) is 0 Å². The highest BCUT2D eigenvalue weighted by atomic mass is 32.2. The van der Waals surface area contributed by atoms with Gasteiger partial charge in [-0.1, -0.05) is 25.1 Å². The number of rotatable bonds is 3. The first-order valence-corrected chi connectivity index (χ1v) is 6.86. The molecular weight excluding hydrogens is 224 g/mol. The molecule has 1 saturated heterocycles. The van der Waals surface area contributed by atoms with E-state index in [1.807, 2.05) is 6.92 Å². The van der Waals surface area contributed by atoms with Crippen LogP contribution in [-0.4, -0.2) is 27.5 Å². The van der Waals surface area contributed by atoms with Crippen molar-refractivity contribution < 1.29 is 8.42 Å². The lowest BCUT2D eigenvalue weighted by atomic mass is 10.1. The third-order valence-corrected chi connectivity index (χ3v) is 4.38. The maximum Gasteiger partial charge on any atom is 0.240 e. The summed E-state index contributed by atoms with van der Waals surface area (Å²) in [5.41, 5.74) is 0. The number of nitrogens with one attached hydrogen (secondary N) is 2. The van der Waals surface area contributed by atoms with Crippen LogP contribution in [0.25, 0.3) is 0 Å². The number of benzene rings is 1. The summed E-state index contributed by atoms with van der Waals surface area (Å²) >= 11 is 0. The molecule has 1 aliphatic heterocycles. The van der Waals surface area contributed by atoms with Gasteiger partial charge in [0.05, 0.1) is 4.90 Å². The molecule has 1 aliphatic rings. The monoisotopic (exact) mass is 240 g/mol. The molecule has 0 aromatic heterocycles. The second kappa shape index (κ2) is 4.53. The lowest BCUT2D eigenvalue weighted by Gasteiger charge is -2.16. The van der Waals surface area contributed by atoms with Crippen molar-refractivity contribution in [2.75, 3.05) is 13.1 Å². The largest absolute Gasteiger partial charge is 0.315 e. The molecule has 2 unspecified atom stereocenters. The van der Waals surface area contributed by atoms with E-state index in [1.54, 1.807) is 30.3 Å². The lowest BCUT2D eigenvalue weighted by Crippen LogP contribution is -2.39. The molecule has 16 heavy (non-hydrogen) atoms. The van der Waals surface area contributed by atoms with Gasteiger partial charge in [0.15, 0.2) is 0 Å². The van der Waals surface area contributed by atoms with Gasteiger partial charge in [-0.3, -0.25) is 0 Å². The third-order valence-electron chi connectivity index (χ3n) is 2.88. The fraction of sp³-hybridized carbons (Fsp3) is 0.455. The van der Waals surface area contributed by atoms with Gasteiger partial charge >= 0.3 is 0 Å². The Kier molecular flexibility index (Phi) is 3.28. The van der Waals surface area contributed by atoms with Crippen LogP contribution in [0.2, 0.25) is 0 Å². The molecule has 2 atom stereocenters. The number of sulfonamides is 1. The smallest absolute Gasteiger partial charge is 0.240 e. The Morgan fingerprint density at radius 1 is 1.25 bits per heavy atom. The predicted molar refractivity (Wildman–Crippen MR) is 62.6 cm³/mol. The van der Waals surface area contributed by atoms with E-state index < -0.39 is 10.0 Å². The molecule has 0 bridgehead atoms. The Balaban J connectivity index is 2.15. The number of hydrogen-bond acceptors (Lipinski definition) is 3. The lowest BCUT2D eigenvalue weighted by molar-refractivity contribution is 0.503. The van der Waals surface area contributed by atoms with Crippen LogP contribution >= 0.6 is 0 Å². The minimum absolute atomic E-state index is 0.00907. The Morgan fingerprint density at radius 3 is 2.50 bits per heavy atom. The Hall–Kier alpha value is -0.910. The molecule has 88 valence electrons. The summed E-state index contributed by atoms with van der Waals surface area (Å²) in [5.74, 6) is 0.332. The van der Waals surface area contributed by atoms with Gasteiger partial charge in [-0.15, -0.1) is 0 Å². The molecule has 1 aromatic rings. The van der Waals surface area contributed by atoms with E-state index in [0.717, 1.165) is 6.54 Å². The van der Waals surface area contributed by atoms with E-state index in [1.165, 1.54) is 0 Å². The van der Waals surface area contributed by atoms with Crippen LogP contribution in [0.5, 0.6) is 0 Å². The molecule has 0 saturated carbocycles. The van der Waals surface area contributed by atoms with Crippen molar-refractivity contribution in [3.63, 3.8) is 0 Å². The van der Waals surface area contributed by atoms with Crippen molar-refractivity contribution in [1.82, 2.24) is 10.0 Å². The summed E-state index contributed by atoms with van der Waals surface area (Å²) in [6.07, 6.45) is 0. The summed E-state index contributed by atoms with van der Waals surface area (Å²) in [5, 5.41) is 3.17. The fourth-order valence-electron chi connectivity index (χ4n) is 1.83. The molecule has 1 fully saturated rings. The van der Waals surface area contributed by atoms with Crippen LogP contribution in [0.3, 0.4) is 0 Å². The second-order valence-corrected chi connectivity index (χ2v) is 5.89. The first-order chi connectivity index (χ1) is 7.59. The van der Waals surface area contributed by atoms with E-state index in [-0.39, 0.29) is 6.04 Å². The molecule has 0 amide bonds. The fourth-order valence-corrected chi connectivity index (χ4v) is 3.20. The van der Waals surface area contributed by atoms with Crippen LogP contribution in [-0.2, 0) is 10.0 Å². The van der Waals surface area contributed by atoms with Crippen molar-refractivity contribution in [3.8, 4) is 0 Å². The molecule has 0 radical (unpaired) electrons. The maximum atomic E-state index is 12.0. The summed E-state index contributed by atoms with van der Waals surface area (Å²) < 4.78 is 26.7. The van der Waals surface area contributed by atoms with Crippen molar-refractivity contribution >= 4 is 10.0 Å². The second-order valence-electron chi connectivity index (χ2n) is 4.18. The normalized spacial score (nSPS) is 25.8. The topological polar surface area (TPSA) is 58.2 Å². The zero-order chi connectivity index (χ0) is 11.6. The van der Waals surface area contributed by atoms with Gasteiger partial charge in [0.2, 0.25) is 10.0 Å². The van der Waals surface area contributed by atoms with Crippen molar-refractivity contribution in [1.29, 1.82) is 0 Å². The zero-order valence-corrected chi connectivity index (χ0v) is 10.00. The van der Waals surface area contributed by atoms with E-state index in [4.69, 9.17) is 0 Å². The van der Waals surface area contributed by atoms with E-state index >= 15 is 0 Å². The predicted octanol–water partition coefficient (Wildman–Crippen LogP) is 0.573. The van der Waals surface area contributed by atoms with Crippen molar-refractivity contribution in [2.24, 2.45) is 5.92 Å². The molecule has 0 aliphatic carbocycles. The highest BCUT2D eigenvalue weighted by Crippen LogP contribution is 2.13. The minimum atomic E-state index is -3.37. The van der Waals surface area contributed by atoms with E-state index in [2.05, 4.69) is 10.0 Å². The van der Waals surface area contributed by atoms with Gasteiger partial charge in [0, 0.05) is 12.6 Å². The first kappa shape index (κ1) is 11.6. The van der Waals surface area contributed by atoms with Gasteiger partial charge in [-0.05, 0) is 24.6 Å². The zero-order valence-electron chi connectivity index (χ0n) is 9.18. The van der Waals surface area contributed by atoms with Gasteiger partial charge in [0.1, 0.15) is 0 Å². The Bertz CT molecular complexity index is 444. The molecule has 0 spiro atoms. The molecule has 1 aromatic carbocycles. The van der Waals surface area contributed by atoms with Crippen LogP contribution in [0.4, 0.5) is 0 Å². The van der Waals surface area contributed by atoms with Gasteiger partial charge < -0.3 is 5.32 Å². The summed E-state index contributed by atoms with van der Waals surface area (Å²) in [6, 6.07) is 8.46. The summed E-state index contributed by atoms with van der Waals surface area (Å²) in [6.45, 7) is 3.60. The molecule has 4 nitrogen and oxygen atoms in total. The average Bonchev–Trinajstić information content (AvgIpc) is 2.65. The van der Waals surface area contributed by atoms with E-state index in [9.17, 15) is 8.42 Å². The van der Waals surface area contributed by atoms with Crippen LogP contribution < -0.4 is 10.0 Å².